The lowest BCUT2D eigenvalue weighted by atomic mass is 9.77. The maximum Gasteiger partial charge on any atom is 0.244 e. The number of hydrogen-bond acceptors (Lipinski definition) is 3. The highest BCUT2D eigenvalue weighted by Crippen LogP contribution is 2.30. The fraction of sp³-hybridized carbons (Fsp3) is 0.562. The predicted octanol–water partition coefficient (Wildman–Crippen LogP) is 3.25. The molecule has 5 heteroatoms. The summed E-state index contributed by atoms with van der Waals surface area (Å²) in [6.07, 6.45) is 7.77. The second kappa shape index (κ2) is 6.67. The molecule has 2 saturated carbocycles. The van der Waals surface area contributed by atoms with E-state index in [-0.39, 0.29) is 18.3 Å². The van der Waals surface area contributed by atoms with E-state index in [9.17, 15) is 4.79 Å². The molecule has 0 radical (unpaired) electrons. The first-order valence-electron chi connectivity index (χ1n) is 7.53. The summed E-state index contributed by atoms with van der Waals surface area (Å²) in [5.41, 5.74) is 6.13. The largest absolute Gasteiger partial charge is 0.490 e. The van der Waals surface area contributed by atoms with Crippen molar-refractivity contribution in [2.75, 3.05) is 5.32 Å². The van der Waals surface area contributed by atoms with Crippen LogP contribution in [0.4, 0.5) is 5.69 Å². The molecule has 2 aliphatic carbocycles. The van der Waals surface area contributed by atoms with E-state index in [0.717, 1.165) is 43.5 Å². The van der Waals surface area contributed by atoms with E-state index >= 15 is 0 Å². The molecule has 0 unspecified atom stereocenters. The molecule has 1 aromatic carbocycles. The van der Waals surface area contributed by atoms with Crippen LogP contribution in [0.3, 0.4) is 0 Å². The van der Waals surface area contributed by atoms with Crippen molar-refractivity contribution in [2.24, 2.45) is 5.73 Å². The first kappa shape index (κ1) is 16.1. The van der Waals surface area contributed by atoms with Crippen LogP contribution in [0.1, 0.15) is 44.9 Å². The van der Waals surface area contributed by atoms with Crippen molar-refractivity contribution in [3.63, 3.8) is 0 Å². The summed E-state index contributed by atoms with van der Waals surface area (Å²) < 4.78 is 5.90. The first-order valence-corrected chi connectivity index (χ1v) is 7.53. The molecular weight excluding hydrogens is 288 g/mol. The van der Waals surface area contributed by atoms with E-state index in [1.165, 1.54) is 12.8 Å². The van der Waals surface area contributed by atoms with Crippen LogP contribution in [0, 0.1) is 0 Å². The molecule has 0 aromatic heterocycles. The number of rotatable bonds is 4. The highest BCUT2D eigenvalue weighted by Gasteiger charge is 2.40. The van der Waals surface area contributed by atoms with E-state index in [0.29, 0.717) is 6.10 Å². The summed E-state index contributed by atoms with van der Waals surface area (Å²) in [7, 11) is 0. The van der Waals surface area contributed by atoms with E-state index in [2.05, 4.69) is 5.32 Å². The Labute approximate surface area is 131 Å². The minimum Gasteiger partial charge on any atom is -0.490 e. The molecule has 3 N–H and O–H groups in total. The lowest BCUT2D eigenvalue weighted by molar-refractivity contribution is -0.123. The fourth-order valence-corrected chi connectivity index (χ4v) is 2.86. The van der Waals surface area contributed by atoms with Crippen molar-refractivity contribution in [1.82, 2.24) is 0 Å². The number of benzene rings is 1. The van der Waals surface area contributed by atoms with Gasteiger partial charge < -0.3 is 15.8 Å². The summed E-state index contributed by atoms with van der Waals surface area (Å²) >= 11 is 0. The molecule has 0 bridgehead atoms. The first-order chi connectivity index (χ1) is 9.66. The van der Waals surface area contributed by atoms with Crippen LogP contribution >= 0.6 is 12.4 Å². The number of amides is 1. The van der Waals surface area contributed by atoms with Gasteiger partial charge in [0.2, 0.25) is 5.91 Å². The van der Waals surface area contributed by atoms with E-state index in [4.69, 9.17) is 10.5 Å². The zero-order valence-corrected chi connectivity index (χ0v) is 13.0. The van der Waals surface area contributed by atoms with Gasteiger partial charge in [0, 0.05) is 5.69 Å². The molecule has 1 aromatic rings. The molecular formula is C16H23ClN2O2. The standard InChI is InChI=1S/C16H22N2O2.ClH/c17-16(10-3-11-16)15(19)18-12-6-8-14(9-7-12)20-13-4-1-2-5-13;/h6-9,13H,1-5,10-11,17H2,(H,18,19);1H. The molecule has 1 amide bonds. The second-order valence-electron chi connectivity index (χ2n) is 6.01. The fourth-order valence-electron chi connectivity index (χ4n) is 2.86. The van der Waals surface area contributed by atoms with Crippen LogP contribution in [0.15, 0.2) is 24.3 Å². The van der Waals surface area contributed by atoms with Crippen molar-refractivity contribution in [1.29, 1.82) is 0 Å². The van der Waals surface area contributed by atoms with E-state index in [1.807, 2.05) is 24.3 Å². The number of carbonyl (C=O) groups excluding carboxylic acids is 1. The summed E-state index contributed by atoms with van der Waals surface area (Å²) in [4.78, 5) is 12.0. The van der Waals surface area contributed by atoms with E-state index < -0.39 is 5.54 Å². The molecule has 3 rings (SSSR count). The van der Waals surface area contributed by atoms with Crippen molar-refractivity contribution >= 4 is 24.0 Å². The third-order valence-corrected chi connectivity index (χ3v) is 4.42. The summed E-state index contributed by atoms with van der Waals surface area (Å²) in [5, 5.41) is 2.89. The number of nitrogens with one attached hydrogen (secondary N) is 1. The van der Waals surface area contributed by atoms with Crippen LogP contribution in [0.25, 0.3) is 0 Å². The zero-order chi connectivity index (χ0) is 14.0. The molecule has 21 heavy (non-hydrogen) atoms. The molecule has 0 spiro atoms. The summed E-state index contributed by atoms with van der Waals surface area (Å²) in [6.45, 7) is 0. The van der Waals surface area contributed by atoms with Gasteiger partial charge in [0.15, 0.2) is 0 Å². The molecule has 2 aliphatic rings. The highest BCUT2D eigenvalue weighted by atomic mass is 35.5. The maximum atomic E-state index is 12.0. The third-order valence-electron chi connectivity index (χ3n) is 4.42. The van der Waals surface area contributed by atoms with Gasteiger partial charge in [-0.15, -0.1) is 12.4 Å². The van der Waals surface area contributed by atoms with Gasteiger partial charge in [-0.05, 0) is 69.2 Å². The molecule has 0 aliphatic heterocycles. The average molecular weight is 311 g/mol. The van der Waals surface area contributed by atoms with Gasteiger partial charge >= 0.3 is 0 Å². The quantitative estimate of drug-likeness (QED) is 0.897. The normalized spacial score (nSPS) is 20.2. The lowest BCUT2D eigenvalue weighted by Gasteiger charge is -2.36. The van der Waals surface area contributed by atoms with Gasteiger partial charge in [0.1, 0.15) is 5.75 Å². The predicted molar refractivity (Wildman–Crippen MR) is 86.0 cm³/mol. The number of nitrogens with two attached hydrogens (primary N) is 1. The van der Waals surface area contributed by atoms with Gasteiger partial charge in [-0.25, -0.2) is 0 Å². The zero-order valence-electron chi connectivity index (χ0n) is 12.1. The minimum absolute atomic E-state index is 0. The van der Waals surface area contributed by atoms with Gasteiger partial charge in [-0.1, -0.05) is 0 Å². The van der Waals surface area contributed by atoms with Crippen LogP contribution in [0.2, 0.25) is 0 Å². The molecule has 2 fully saturated rings. The maximum absolute atomic E-state index is 12.0. The Morgan fingerprint density at radius 2 is 1.76 bits per heavy atom. The number of anilines is 1. The second-order valence-corrected chi connectivity index (χ2v) is 6.01. The van der Waals surface area contributed by atoms with Gasteiger partial charge in [0.05, 0.1) is 11.6 Å². The minimum atomic E-state index is -0.654. The number of hydrogen-bond donors (Lipinski definition) is 2. The van der Waals surface area contributed by atoms with Crippen LogP contribution in [0.5, 0.6) is 5.75 Å². The third kappa shape index (κ3) is 3.69. The van der Waals surface area contributed by atoms with Crippen LogP contribution in [-0.4, -0.2) is 17.6 Å². The average Bonchev–Trinajstić information content (AvgIpc) is 2.91. The topological polar surface area (TPSA) is 64.4 Å². The lowest BCUT2D eigenvalue weighted by Crippen LogP contribution is -2.56. The Balaban J connectivity index is 0.00000161. The molecule has 0 saturated heterocycles. The van der Waals surface area contributed by atoms with Gasteiger partial charge in [-0.2, -0.15) is 0 Å². The van der Waals surface area contributed by atoms with Gasteiger partial charge in [0.25, 0.3) is 0 Å². The molecule has 0 atom stereocenters. The van der Waals surface area contributed by atoms with E-state index in [1.54, 1.807) is 0 Å². The van der Waals surface area contributed by atoms with Crippen molar-refractivity contribution in [2.45, 2.75) is 56.6 Å². The molecule has 4 nitrogen and oxygen atoms in total. The highest BCUT2D eigenvalue weighted by molar-refractivity contribution is 5.98. The Morgan fingerprint density at radius 3 is 2.29 bits per heavy atom. The molecule has 0 heterocycles. The Hall–Kier alpha value is -1.26. The van der Waals surface area contributed by atoms with Crippen LogP contribution < -0.4 is 15.8 Å². The summed E-state index contributed by atoms with van der Waals surface area (Å²) in [6, 6.07) is 7.59. The van der Waals surface area contributed by atoms with Crippen molar-refractivity contribution in [3.05, 3.63) is 24.3 Å². The number of carbonyl (C=O) groups is 1. The summed E-state index contributed by atoms with van der Waals surface area (Å²) in [5.74, 6) is 0.800. The van der Waals surface area contributed by atoms with Gasteiger partial charge in [-0.3, -0.25) is 4.79 Å². The number of halogens is 1. The Kier molecular flexibility index (Phi) is 5.12. The number of ether oxygens (including phenoxy) is 1. The smallest absolute Gasteiger partial charge is 0.244 e. The Morgan fingerprint density at radius 1 is 1.14 bits per heavy atom. The molecule has 116 valence electrons. The van der Waals surface area contributed by atoms with Crippen molar-refractivity contribution in [3.8, 4) is 5.75 Å². The monoisotopic (exact) mass is 310 g/mol. The Bertz CT molecular complexity index is 480. The SMILES string of the molecule is Cl.NC1(C(=O)Nc2ccc(OC3CCCC3)cc2)CCC1. The van der Waals surface area contributed by atoms with Crippen molar-refractivity contribution < 1.29 is 9.53 Å². The van der Waals surface area contributed by atoms with Crippen LogP contribution in [-0.2, 0) is 4.79 Å².